The predicted octanol–water partition coefficient (Wildman–Crippen LogP) is 3.63. The normalized spacial score (nSPS) is 22.3. The molecule has 4 saturated heterocycles. The van der Waals surface area contributed by atoms with Crippen LogP contribution in [0.1, 0.15) is 71.8 Å². The number of amides is 5. The molecule has 5 aliphatic rings. The third-order valence-corrected chi connectivity index (χ3v) is 12.8. The molecule has 4 N–H and O–H groups in total. The Balaban J connectivity index is 0.789. The summed E-state index contributed by atoms with van der Waals surface area (Å²) in [7, 11) is 1.84. The predicted molar refractivity (Wildman–Crippen MR) is 218 cm³/mol. The molecule has 0 bridgehead atoms. The number of nitrogens with one attached hydrogen (secondary N) is 2. The Bertz CT molecular complexity index is 2220. The summed E-state index contributed by atoms with van der Waals surface area (Å²) in [5, 5.41) is 11.0. The summed E-state index contributed by atoms with van der Waals surface area (Å²) in [5.74, 6) is -0.0810. The second-order valence-electron chi connectivity index (χ2n) is 16.5. The molecule has 2 aromatic heterocycles. The Labute approximate surface area is 337 Å². The van der Waals surface area contributed by atoms with Crippen LogP contribution in [0.2, 0.25) is 0 Å². The minimum absolute atomic E-state index is 0.0679. The molecular formula is C42H51N11O5. The van der Waals surface area contributed by atoms with Gasteiger partial charge in [-0.05, 0) is 86.8 Å². The van der Waals surface area contributed by atoms with E-state index in [-0.39, 0.29) is 29.6 Å². The molecular weight excluding hydrogens is 739 g/mol. The Kier molecular flexibility index (Phi) is 10.3. The van der Waals surface area contributed by atoms with Crippen LogP contribution < -0.4 is 26.2 Å². The number of nitrogens with two attached hydrogens (primary N) is 1. The van der Waals surface area contributed by atoms with E-state index in [4.69, 9.17) is 15.2 Å². The van der Waals surface area contributed by atoms with Gasteiger partial charge in [0.15, 0.2) is 17.1 Å². The smallest absolute Gasteiger partial charge is 0.320 e. The first-order valence-electron chi connectivity index (χ1n) is 20.7. The topological polar surface area (TPSA) is 186 Å². The van der Waals surface area contributed by atoms with Crippen molar-refractivity contribution in [2.24, 2.45) is 11.7 Å². The molecule has 0 aliphatic carbocycles. The SMILES string of the molecule is CN1CCN([C@@H]2CCCN(c3cnc(C(N)=O)c(Nc4ccc(N5CCC(CN6CCc7ccc8c(C9CCC(=O)NC9=O)noc8c7CC6)CC5)cc4)n3)C2)C1=O. The van der Waals surface area contributed by atoms with Crippen molar-refractivity contribution in [3.8, 4) is 0 Å². The highest BCUT2D eigenvalue weighted by Gasteiger charge is 2.36. The summed E-state index contributed by atoms with van der Waals surface area (Å²) < 4.78 is 5.89. The molecule has 16 nitrogen and oxygen atoms in total. The number of likely N-dealkylation sites (N-methyl/N-ethyl adjacent to an activating group) is 1. The van der Waals surface area contributed by atoms with E-state index in [0.29, 0.717) is 42.6 Å². The van der Waals surface area contributed by atoms with Gasteiger partial charge < -0.3 is 40.1 Å². The van der Waals surface area contributed by atoms with Gasteiger partial charge in [0, 0.05) is 94.7 Å². The van der Waals surface area contributed by atoms with E-state index in [9.17, 15) is 19.2 Å². The van der Waals surface area contributed by atoms with E-state index >= 15 is 0 Å². The second kappa shape index (κ2) is 15.9. The molecule has 0 spiro atoms. The van der Waals surface area contributed by atoms with Gasteiger partial charge in [-0.2, -0.15) is 0 Å². The minimum Gasteiger partial charge on any atom is -0.372 e. The molecule has 4 fully saturated rings. The van der Waals surface area contributed by atoms with Gasteiger partial charge in [-0.1, -0.05) is 11.2 Å². The molecule has 2 aromatic carbocycles. The van der Waals surface area contributed by atoms with E-state index in [1.54, 1.807) is 11.1 Å². The Hall–Kier alpha value is -5.77. The third kappa shape index (κ3) is 7.52. The van der Waals surface area contributed by atoms with Crippen molar-refractivity contribution < 1.29 is 23.7 Å². The maximum Gasteiger partial charge on any atom is 0.320 e. The van der Waals surface area contributed by atoms with Crippen LogP contribution in [0.15, 0.2) is 47.1 Å². The van der Waals surface area contributed by atoms with Gasteiger partial charge in [0.25, 0.3) is 5.91 Å². The van der Waals surface area contributed by atoms with Crippen LogP contribution in [-0.4, -0.2) is 126 Å². The molecule has 16 heteroatoms. The largest absolute Gasteiger partial charge is 0.372 e. The number of aromatic nitrogens is 3. The zero-order valence-corrected chi connectivity index (χ0v) is 33.0. The maximum absolute atomic E-state index is 12.7. The molecule has 5 amide bonds. The minimum atomic E-state index is -0.652. The lowest BCUT2D eigenvalue weighted by Crippen LogP contribution is -2.49. The number of fused-ring (bicyclic) bond motifs is 3. The standard InChI is InChI=1S/C42H51N11O5/c1-49-21-22-53(42(49)57)30-3-2-16-52(25-30)34-23-44-37(39(43)55)40(46-34)45-28-5-7-29(8-6-28)51-19-12-26(13-20-51)24-50-17-14-27-4-9-32-36(33-10-11-35(54)47-41(33)56)48-58-38(32)31(27)15-18-50/h4-9,23,26,30,33H,2-3,10-22,24-25H2,1H3,(H2,43,55)(H,45,46)(H,47,54,56)/t30-,33?/m1/s1. The molecule has 304 valence electrons. The number of rotatable bonds is 9. The Morgan fingerprint density at radius 3 is 2.48 bits per heavy atom. The molecule has 2 atom stereocenters. The molecule has 4 aromatic rings. The molecule has 58 heavy (non-hydrogen) atoms. The molecule has 0 radical (unpaired) electrons. The van der Waals surface area contributed by atoms with Crippen LogP contribution in [0.25, 0.3) is 11.0 Å². The summed E-state index contributed by atoms with van der Waals surface area (Å²) in [6, 6.07) is 12.6. The summed E-state index contributed by atoms with van der Waals surface area (Å²) >= 11 is 0. The van der Waals surface area contributed by atoms with Crippen LogP contribution in [0.4, 0.5) is 27.8 Å². The van der Waals surface area contributed by atoms with Crippen molar-refractivity contribution in [1.82, 2.24) is 35.1 Å². The van der Waals surface area contributed by atoms with Crippen molar-refractivity contribution in [1.29, 1.82) is 0 Å². The van der Waals surface area contributed by atoms with Crippen LogP contribution in [0.5, 0.6) is 0 Å². The molecule has 7 heterocycles. The summed E-state index contributed by atoms with van der Waals surface area (Å²) in [6.07, 6.45) is 8.25. The molecule has 9 rings (SSSR count). The number of piperidine rings is 3. The first-order chi connectivity index (χ1) is 28.2. The lowest BCUT2D eigenvalue weighted by Gasteiger charge is -2.37. The Morgan fingerprint density at radius 2 is 1.72 bits per heavy atom. The second-order valence-corrected chi connectivity index (χ2v) is 16.5. The molecule has 0 saturated carbocycles. The van der Waals surface area contributed by atoms with E-state index in [2.05, 4.69) is 53.7 Å². The highest BCUT2D eigenvalue weighted by molar-refractivity contribution is 6.02. The highest BCUT2D eigenvalue weighted by atomic mass is 16.5. The van der Waals surface area contributed by atoms with Crippen molar-refractivity contribution in [3.05, 3.63) is 65.1 Å². The summed E-state index contributed by atoms with van der Waals surface area (Å²) in [5.41, 5.74) is 11.6. The van der Waals surface area contributed by atoms with E-state index in [1.807, 2.05) is 30.1 Å². The Morgan fingerprint density at radius 1 is 0.914 bits per heavy atom. The fourth-order valence-corrected chi connectivity index (χ4v) is 9.53. The number of hydrogen-bond acceptors (Lipinski definition) is 12. The van der Waals surface area contributed by atoms with Crippen molar-refractivity contribution in [2.45, 2.75) is 63.3 Å². The average Bonchev–Trinajstić information content (AvgIpc) is 3.74. The van der Waals surface area contributed by atoms with Gasteiger partial charge in [0.2, 0.25) is 11.8 Å². The number of anilines is 4. The van der Waals surface area contributed by atoms with Crippen molar-refractivity contribution in [2.75, 3.05) is 81.1 Å². The number of carbonyl (C=O) groups excluding carboxylic acids is 4. The fraction of sp³-hybridized carbons (Fsp3) is 0.500. The number of urea groups is 1. The van der Waals surface area contributed by atoms with Crippen LogP contribution in [0, 0.1) is 5.92 Å². The maximum atomic E-state index is 12.7. The van der Waals surface area contributed by atoms with Gasteiger partial charge in [0.05, 0.1) is 18.2 Å². The van der Waals surface area contributed by atoms with Gasteiger partial charge in [-0.3, -0.25) is 19.7 Å². The first-order valence-corrected chi connectivity index (χ1v) is 20.7. The number of benzene rings is 2. The number of nitrogens with zero attached hydrogens (tertiary/aromatic N) is 8. The molecule has 1 unspecified atom stereocenters. The number of imide groups is 1. The van der Waals surface area contributed by atoms with Gasteiger partial charge in [0.1, 0.15) is 11.5 Å². The number of primary amides is 1. The lowest BCUT2D eigenvalue weighted by atomic mass is 9.91. The van der Waals surface area contributed by atoms with Crippen molar-refractivity contribution >= 4 is 57.7 Å². The number of hydrogen-bond donors (Lipinski definition) is 3. The lowest BCUT2D eigenvalue weighted by molar-refractivity contribution is -0.134. The van der Waals surface area contributed by atoms with E-state index in [1.165, 1.54) is 11.1 Å². The van der Waals surface area contributed by atoms with Crippen LogP contribution in [0.3, 0.4) is 0 Å². The number of carbonyl (C=O) groups is 4. The molecule has 5 aliphatic heterocycles. The monoisotopic (exact) mass is 789 g/mol. The van der Waals surface area contributed by atoms with E-state index < -0.39 is 11.8 Å². The quantitative estimate of drug-likeness (QED) is 0.210. The fourth-order valence-electron chi connectivity index (χ4n) is 9.53. The van der Waals surface area contributed by atoms with Crippen LogP contribution >= 0.6 is 0 Å². The van der Waals surface area contributed by atoms with E-state index in [0.717, 1.165) is 113 Å². The first kappa shape index (κ1) is 37.8. The third-order valence-electron chi connectivity index (χ3n) is 12.8. The van der Waals surface area contributed by atoms with Crippen LogP contribution in [-0.2, 0) is 22.4 Å². The van der Waals surface area contributed by atoms with Gasteiger partial charge in [-0.15, -0.1) is 0 Å². The average molecular weight is 790 g/mol. The van der Waals surface area contributed by atoms with Gasteiger partial charge >= 0.3 is 6.03 Å². The van der Waals surface area contributed by atoms with Crippen molar-refractivity contribution in [3.63, 3.8) is 0 Å². The zero-order valence-electron chi connectivity index (χ0n) is 33.0. The zero-order chi connectivity index (χ0) is 39.9. The summed E-state index contributed by atoms with van der Waals surface area (Å²) in [6.45, 7) is 7.84. The summed E-state index contributed by atoms with van der Waals surface area (Å²) in [4.78, 5) is 69.4. The van der Waals surface area contributed by atoms with Gasteiger partial charge in [-0.25, -0.2) is 14.8 Å². The highest BCUT2D eigenvalue weighted by Crippen LogP contribution is 2.35.